The van der Waals surface area contributed by atoms with E-state index in [-0.39, 0.29) is 11.9 Å². The number of methoxy groups -OCH3 is 4. The van der Waals surface area contributed by atoms with E-state index in [2.05, 4.69) is 16.4 Å². The van der Waals surface area contributed by atoms with Gasteiger partial charge in [-0.3, -0.25) is 9.78 Å². The Hall–Kier alpha value is -4.26. The molecule has 7 heteroatoms. The van der Waals surface area contributed by atoms with Crippen LogP contribution in [0.25, 0.3) is 5.57 Å². The Morgan fingerprint density at radius 2 is 1.42 bits per heavy atom. The minimum atomic E-state index is -0.173. The van der Waals surface area contributed by atoms with Crippen LogP contribution in [-0.2, 0) is 11.2 Å². The van der Waals surface area contributed by atoms with Crippen LogP contribution in [0.1, 0.15) is 36.5 Å². The lowest BCUT2D eigenvalue weighted by Gasteiger charge is -2.20. The number of aromatic nitrogens is 1. The second-order valence-corrected chi connectivity index (χ2v) is 8.68. The van der Waals surface area contributed by atoms with Crippen molar-refractivity contribution >= 4 is 11.5 Å². The standard InChI is InChI=1S/C31H36N2O5/c1-22(11-6-12-23-13-10-20-32-21-23)33-29(34)19-7-14-24(30-25(35-2)15-8-16-26(30)36-3)31-27(37-4)17-9-18-28(31)38-5/h7-10,13-22H,6,11-12H2,1-5H3,(H,33,34)/t22-/m1/s1. The zero-order valence-electron chi connectivity index (χ0n) is 22.7. The van der Waals surface area contributed by atoms with Crippen LogP contribution in [0.4, 0.5) is 0 Å². The summed E-state index contributed by atoms with van der Waals surface area (Å²) < 4.78 is 22.7. The van der Waals surface area contributed by atoms with Gasteiger partial charge in [0.25, 0.3) is 0 Å². The number of nitrogens with zero attached hydrogens (tertiary/aromatic N) is 1. The Bertz CT molecular complexity index is 1150. The van der Waals surface area contributed by atoms with Gasteiger partial charge < -0.3 is 24.3 Å². The zero-order chi connectivity index (χ0) is 27.3. The van der Waals surface area contributed by atoms with Gasteiger partial charge in [0.15, 0.2) is 0 Å². The summed E-state index contributed by atoms with van der Waals surface area (Å²) in [5, 5.41) is 3.04. The fourth-order valence-electron chi connectivity index (χ4n) is 4.28. The van der Waals surface area contributed by atoms with Crippen molar-refractivity contribution in [3.05, 3.63) is 95.8 Å². The minimum Gasteiger partial charge on any atom is -0.496 e. The number of benzene rings is 2. The largest absolute Gasteiger partial charge is 0.496 e. The number of carbonyl (C=O) groups excluding carboxylic acids is 1. The number of hydrogen-bond donors (Lipinski definition) is 1. The summed E-state index contributed by atoms with van der Waals surface area (Å²) in [5.74, 6) is 2.29. The molecule has 0 spiro atoms. The van der Waals surface area contributed by atoms with Crippen LogP contribution >= 0.6 is 0 Å². The number of amides is 1. The molecule has 0 bridgehead atoms. The number of aryl methyl sites for hydroxylation is 1. The highest BCUT2D eigenvalue weighted by molar-refractivity contribution is 5.93. The average molecular weight is 517 g/mol. The van der Waals surface area contributed by atoms with Crippen LogP contribution in [0.15, 0.2) is 79.2 Å². The number of rotatable bonds is 13. The van der Waals surface area contributed by atoms with Crippen LogP contribution in [0.5, 0.6) is 23.0 Å². The smallest absolute Gasteiger partial charge is 0.244 e. The first kappa shape index (κ1) is 28.3. The molecule has 3 aromatic rings. The van der Waals surface area contributed by atoms with E-state index >= 15 is 0 Å². The Kier molecular flexibility index (Phi) is 10.8. The van der Waals surface area contributed by atoms with Gasteiger partial charge in [-0.05, 0) is 62.1 Å². The summed E-state index contributed by atoms with van der Waals surface area (Å²) >= 11 is 0. The van der Waals surface area contributed by atoms with Gasteiger partial charge in [0.2, 0.25) is 5.91 Å². The third kappa shape index (κ3) is 7.38. The Morgan fingerprint density at radius 1 is 0.868 bits per heavy atom. The predicted molar refractivity (Wildman–Crippen MR) is 150 cm³/mol. The topological polar surface area (TPSA) is 78.9 Å². The third-order valence-electron chi connectivity index (χ3n) is 6.12. The summed E-state index contributed by atoms with van der Waals surface area (Å²) in [5.41, 5.74) is 3.35. The monoisotopic (exact) mass is 516 g/mol. The van der Waals surface area contributed by atoms with Crippen molar-refractivity contribution in [2.75, 3.05) is 28.4 Å². The summed E-state index contributed by atoms with van der Waals surface area (Å²) in [6.07, 6.45) is 11.5. The van der Waals surface area contributed by atoms with Gasteiger partial charge in [-0.2, -0.15) is 0 Å². The highest BCUT2D eigenvalue weighted by atomic mass is 16.5. The molecule has 1 heterocycles. The molecule has 200 valence electrons. The molecule has 0 fully saturated rings. The first-order valence-corrected chi connectivity index (χ1v) is 12.5. The van der Waals surface area contributed by atoms with Gasteiger partial charge in [0, 0.05) is 30.1 Å². The van der Waals surface area contributed by atoms with Gasteiger partial charge in [0.1, 0.15) is 23.0 Å². The molecule has 1 atom stereocenters. The molecule has 1 amide bonds. The molecule has 38 heavy (non-hydrogen) atoms. The number of carbonyl (C=O) groups is 1. The van der Waals surface area contributed by atoms with E-state index in [1.807, 2.05) is 61.7 Å². The summed E-state index contributed by atoms with van der Waals surface area (Å²) in [7, 11) is 6.42. The highest BCUT2D eigenvalue weighted by Gasteiger charge is 2.22. The molecule has 0 radical (unpaired) electrons. The van der Waals surface area contributed by atoms with Gasteiger partial charge in [-0.1, -0.05) is 30.4 Å². The van der Waals surface area contributed by atoms with Crippen molar-refractivity contribution in [3.63, 3.8) is 0 Å². The molecule has 0 aliphatic heterocycles. The van der Waals surface area contributed by atoms with E-state index < -0.39 is 0 Å². The van der Waals surface area contributed by atoms with E-state index in [0.717, 1.165) is 24.8 Å². The molecule has 0 saturated carbocycles. The maximum atomic E-state index is 12.7. The molecular formula is C31H36N2O5. The van der Waals surface area contributed by atoms with E-state index in [1.165, 1.54) is 11.6 Å². The van der Waals surface area contributed by atoms with Crippen molar-refractivity contribution in [1.29, 1.82) is 0 Å². The quantitative estimate of drug-likeness (QED) is 0.234. The van der Waals surface area contributed by atoms with Crippen LogP contribution < -0.4 is 24.3 Å². The van der Waals surface area contributed by atoms with Gasteiger partial charge in [-0.25, -0.2) is 0 Å². The molecule has 0 saturated heterocycles. The van der Waals surface area contributed by atoms with E-state index in [9.17, 15) is 4.79 Å². The average Bonchev–Trinajstić information content (AvgIpc) is 2.95. The fraction of sp³-hybridized carbons (Fsp3) is 0.290. The van der Waals surface area contributed by atoms with Gasteiger partial charge in [-0.15, -0.1) is 0 Å². The number of hydrogen-bond acceptors (Lipinski definition) is 6. The van der Waals surface area contributed by atoms with Crippen LogP contribution in [0, 0.1) is 0 Å². The summed E-state index contributed by atoms with van der Waals surface area (Å²) in [4.78, 5) is 16.8. The van der Waals surface area contributed by atoms with Crippen LogP contribution in [0.3, 0.4) is 0 Å². The van der Waals surface area contributed by atoms with E-state index in [1.54, 1.807) is 40.7 Å². The normalized spacial score (nSPS) is 11.5. The lowest BCUT2D eigenvalue weighted by molar-refractivity contribution is -0.117. The van der Waals surface area contributed by atoms with Crippen LogP contribution in [0.2, 0.25) is 0 Å². The molecule has 3 rings (SSSR count). The molecule has 1 N–H and O–H groups in total. The second kappa shape index (κ2) is 14.5. The van der Waals surface area contributed by atoms with Crippen molar-refractivity contribution in [2.24, 2.45) is 0 Å². The van der Waals surface area contributed by atoms with Crippen molar-refractivity contribution in [3.8, 4) is 23.0 Å². The van der Waals surface area contributed by atoms with Gasteiger partial charge >= 0.3 is 0 Å². The third-order valence-corrected chi connectivity index (χ3v) is 6.12. The predicted octanol–water partition coefficient (Wildman–Crippen LogP) is 5.63. The zero-order valence-corrected chi connectivity index (χ0v) is 22.7. The molecule has 2 aromatic carbocycles. The molecule has 7 nitrogen and oxygen atoms in total. The highest BCUT2D eigenvalue weighted by Crippen LogP contribution is 2.44. The van der Waals surface area contributed by atoms with E-state index in [4.69, 9.17) is 18.9 Å². The number of pyridine rings is 1. The fourth-order valence-corrected chi connectivity index (χ4v) is 4.28. The van der Waals surface area contributed by atoms with Crippen LogP contribution in [-0.4, -0.2) is 45.4 Å². The first-order valence-electron chi connectivity index (χ1n) is 12.5. The first-order chi connectivity index (χ1) is 18.5. The Morgan fingerprint density at radius 3 is 1.89 bits per heavy atom. The summed E-state index contributed by atoms with van der Waals surface area (Å²) in [6.45, 7) is 2.01. The number of allylic oxidation sites excluding steroid dienone is 2. The van der Waals surface area contributed by atoms with Gasteiger partial charge in [0.05, 0.1) is 39.6 Å². The SMILES string of the molecule is COc1cccc(OC)c1C(=CC=CC(=O)N[C@H](C)CCCc1cccnc1)c1c(OC)cccc1OC. The Balaban J connectivity index is 1.86. The van der Waals surface area contributed by atoms with Crippen molar-refractivity contribution < 1.29 is 23.7 Å². The molecular weight excluding hydrogens is 480 g/mol. The second-order valence-electron chi connectivity index (χ2n) is 8.68. The maximum absolute atomic E-state index is 12.7. The van der Waals surface area contributed by atoms with Crippen molar-refractivity contribution in [2.45, 2.75) is 32.2 Å². The number of nitrogens with one attached hydrogen (secondary N) is 1. The molecule has 0 aliphatic carbocycles. The minimum absolute atomic E-state index is 0.0379. The lowest BCUT2D eigenvalue weighted by atomic mass is 9.94. The maximum Gasteiger partial charge on any atom is 0.244 e. The van der Waals surface area contributed by atoms with E-state index in [0.29, 0.717) is 34.1 Å². The lowest BCUT2D eigenvalue weighted by Crippen LogP contribution is -2.31. The Labute approximate surface area is 225 Å². The molecule has 0 aliphatic rings. The molecule has 0 unspecified atom stereocenters. The van der Waals surface area contributed by atoms with Crippen molar-refractivity contribution in [1.82, 2.24) is 10.3 Å². The summed E-state index contributed by atoms with van der Waals surface area (Å²) in [6, 6.07) is 15.2. The molecule has 1 aromatic heterocycles. The number of ether oxygens (including phenoxy) is 4.